The molecule has 1 heterocycles. The maximum Gasteiger partial charge on any atom is 0.260 e. The van der Waals surface area contributed by atoms with Gasteiger partial charge in [-0.1, -0.05) is 17.7 Å². The Labute approximate surface area is 155 Å². The molecule has 0 spiro atoms. The Morgan fingerprint density at radius 3 is 2.77 bits per heavy atom. The van der Waals surface area contributed by atoms with E-state index in [-0.39, 0.29) is 16.5 Å². The zero-order valence-corrected chi connectivity index (χ0v) is 15.0. The van der Waals surface area contributed by atoms with E-state index in [9.17, 15) is 14.0 Å². The molecule has 0 saturated carbocycles. The van der Waals surface area contributed by atoms with Gasteiger partial charge in [0.25, 0.3) is 5.91 Å². The number of carbonyl (C=O) groups is 2. The van der Waals surface area contributed by atoms with Gasteiger partial charge in [0, 0.05) is 18.7 Å². The van der Waals surface area contributed by atoms with Crippen molar-refractivity contribution in [2.75, 3.05) is 23.9 Å². The molecule has 2 aromatic rings. The van der Waals surface area contributed by atoms with E-state index in [2.05, 4.69) is 5.32 Å². The van der Waals surface area contributed by atoms with Crippen molar-refractivity contribution in [3.05, 3.63) is 52.8 Å². The van der Waals surface area contributed by atoms with Crippen molar-refractivity contribution in [3.63, 3.8) is 0 Å². The number of benzene rings is 2. The average molecular weight is 377 g/mol. The fourth-order valence-electron chi connectivity index (χ4n) is 2.95. The van der Waals surface area contributed by atoms with Gasteiger partial charge in [-0.2, -0.15) is 0 Å². The van der Waals surface area contributed by atoms with Crippen molar-refractivity contribution in [3.8, 4) is 5.75 Å². The highest BCUT2D eigenvalue weighted by molar-refractivity contribution is 6.34. The van der Waals surface area contributed by atoms with Crippen LogP contribution in [-0.4, -0.2) is 25.5 Å². The van der Waals surface area contributed by atoms with E-state index < -0.39 is 11.7 Å². The summed E-state index contributed by atoms with van der Waals surface area (Å²) in [5.74, 6) is -0.818. The Kier molecular flexibility index (Phi) is 5.42. The highest BCUT2D eigenvalue weighted by Gasteiger charge is 2.23. The third-order valence-electron chi connectivity index (χ3n) is 4.24. The molecule has 2 amide bonds. The molecule has 0 bridgehead atoms. The number of amides is 2. The summed E-state index contributed by atoms with van der Waals surface area (Å²) < 4.78 is 19.3. The number of nitrogens with one attached hydrogen (secondary N) is 1. The number of halogens is 2. The molecule has 1 N–H and O–H groups in total. The molecule has 0 radical (unpaired) electrons. The molecule has 0 atom stereocenters. The summed E-state index contributed by atoms with van der Waals surface area (Å²) in [5, 5.41) is 2.66. The lowest BCUT2D eigenvalue weighted by molar-refractivity contribution is -0.119. The van der Waals surface area contributed by atoms with Crippen molar-refractivity contribution in [1.29, 1.82) is 0 Å². The molecule has 1 saturated heterocycles. The lowest BCUT2D eigenvalue weighted by atomic mass is 10.1. The Morgan fingerprint density at radius 2 is 2.08 bits per heavy atom. The zero-order chi connectivity index (χ0) is 18.7. The number of piperidine rings is 1. The van der Waals surface area contributed by atoms with Crippen molar-refractivity contribution >= 4 is 34.8 Å². The predicted octanol–water partition coefficient (Wildman–Crippen LogP) is 4.26. The highest BCUT2D eigenvalue weighted by atomic mass is 35.5. The number of rotatable bonds is 4. The molecule has 2 aromatic carbocycles. The van der Waals surface area contributed by atoms with Crippen LogP contribution < -0.4 is 15.0 Å². The molecule has 1 aliphatic rings. The normalized spacial score (nSPS) is 14.3. The van der Waals surface area contributed by atoms with E-state index in [1.165, 1.54) is 25.3 Å². The molecule has 1 aliphatic heterocycles. The first kappa shape index (κ1) is 18.2. The maximum absolute atomic E-state index is 13.9. The fraction of sp³-hybridized carbons (Fsp3) is 0.263. The van der Waals surface area contributed by atoms with Crippen LogP contribution in [0.25, 0.3) is 0 Å². The van der Waals surface area contributed by atoms with Gasteiger partial charge in [-0.05, 0) is 43.2 Å². The molecule has 26 heavy (non-hydrogen) atoms. The van der Waals surface area contributed by atoms with Gasteiger partial charge < -0.3 is 15.0 Å². The minimum absolute atomic E-state index is 0.00942. The number of hydrogen-bond acceptors (Lipinski definition) is 3. The maximum atomic E-state index is 13.9. The van der Waals surface area contributed by atoms with Crippen LogP contribution in [-0.2, 0) is 4.79 Å². The Balaban J connectivity index is 1.90. The standard InChI is InChI=1S/C19H18ClFN2O3/c1-26-16-9-8-12(11-15(16)23-10-3-2-7-17(23)24)22-19(25)18-13(20)5-4-6-14(18)21/h4-6,8-9,11H,2-3,7,10H2,1H3,(H,22,25). The number of hydrogen-bond donors (Lipinski definition) is 1. The molecule has 0 aliphatic carbocycles. The van der Waals surface area contributed by atoms with Gasteiger partial charge in [0.15, 0.2) is 0 Å². The topological polar surface area (TPSA) is 58.6 Å². The quantitative estimate of drug-likeness (QED) is 0.867. The SMILES string of the molecule is COc1ccc(NC(=O)c2c(F)cccc2Cl)cc1N1CCCCC1=O. The lowest BCUT2D eigenvalue weighted by Gasteiger charge is -2.28. The predicted molar refractivity (Wildman–Crippen MR) is 98.6 cm³/mol. The number of nitrogens with zero attached hydrogens (tertiary/aromatic N) is 1. The third kappa shape index (κ3) is 3.65. The van der Waals surface area contributed by atoms with Gasteiger partial charge in [-0.3, -0.25) is 9.59 Å². The fourth-order valence-corrected chi connectivity index (χ4v) is 3.20. The van der Waals surface area contributed by atoms with E-state index in [1.807, 2.05) is 0 Å². The van der Waals surface area contributed by atoms with Crippen LogP contribution in [0.1, 0.15) is 29.6 Å². The van der Waals surface area contributed by atoms with E-state index in [0.717, 1.165) is 12.8 Å². The van der Waals surface area contributed by atoms with Crippen LogP contribution in [0.3, 0.4) is 0 Å². The first-order valence-corrected chi connectivity index (χ1v) is 8.63. The van der Waals surface area contributed by atoms with Crippen LogP contribution in [0.15, 0.2) is 36.4 Å². The number of anilines is 2. The van der Waals surface area contributed by atoms with E-state index in [0.29, 0.717) is 30.1 Å². The first-order chi connectivity index (χ1) is 12.5. The minimum Gasteiger partial charge on any atom is -0.495 e. The molecule has 1 fully saturated rings. The lowest BCUT2D eigenvalue weighted by Crippen LogP contribution is -2.35. The van der Waals surface area contributed by atoms with Crippen molar-refractivity contribution in [2.24, 2.45) is 0 Å². The van der Waals surface area contributed by atoms with Gasteiger partial charge in [0.05, 0.1) is 23.4 Å². The Bertz CT molecular complexity index is 836. The monoisotopic (exact) mass is 376 g/mol. The molecule has 0 unspecified atom stereocenters. The Morgan fingerprint density at radius 1 is 1.27 bits per heavy atom. The second kappa shape index (κ2) is 7.74. The van der Waals surface area contributed by atoms with Crippen molar-refractivity contribution < 1.29 is 18.7 Å². The third-order valence-corrected chi connectivity index (χ3v) is 4.56. The van der Waals surface area contributed by atoms with Gasteiger partial charge >= 0.3 is 0 Å². The molecule has 5 nitrogen and oxygen atoms in total. The van der Waals surface area contributed by atoms with Crippen molar-refractivity contribution in [1.82, 2.24) is 0 Å². The molecular weight excluding hydrogens is 359 g/mol. The second-order valence-electron chi connectivity index (χ2n) is 5.94. The number of methoxy groups -OCH3 is 1. The summed E-state index contributed by atoms with van der Waals surface area (Å²) in [5.41, 5.74) is 0.777. The Hall–Kier alpha value is -2.60. The van der Waals surface area contributed by atoms with Crippen LogP contribution in [0.2, 0.25) is 5.02 Å². The summed E-state index contributed by atoms with van der Waals surface area (Å²) in [6.45, 7) is 0.589. The smallest absolute Gasteiger partial charge is 0.260 e. The van der Waals surface area contributed by atoms with E-state index in [1.54, 1.807) is 23.1 Å². The minimum atomic E-state index is -0.699. The van der Waals surface area contributed by atoms with Gasteiger partial charge in [0.2, 0.25) is 5.91 Å². The molecule has 3 rings (SSSR count). The zero-order valence-electron chi connectivity index (χ0n) is 14.2. The average Bonchev–Trinajstić information content (AvgIpc) is 2.62. The summed E-state index contributed by atoms with van der Waals surface area (Å²) >= 11 is 5.94. The van der Waals surface area contributed by atoms with Crippen LogP contribution >= 0.6 is 11.6 Å². The second-order valence-corrected chi connectivity index (χ2v) is 6.35. The highest BCUT2D eigenvalue weighted by Crippen LogP contribution is 2.34. The summed E-state index contributed by atoms with van der Waals surface area (Å²) in [7, 11) is 1.52. The van der Waals surface area contributed by atoms with Gasteiger partial charge in [0.1, 0.15) is 11.6 Å². The summed E-state index contributed by atoms with van der Waals surface area (Å²) in [4.78, 5) is 26.3. The van der Waals surface area contributed by atoms with Crippen LogP contribution in [0.5, 0.6) is 5.75 Å². The molecule has 7 heteroatoms. The molecule has 0 aromatic heterocycles. The van der Waals surface area contributed by atoms with E-state index in [4.69, 9.17) is 16.3 Å². The molecular formula is C19H18ClFN2O3. The van der Waals surface area contributed by atoms with Gasteiger partial charge in [-0.15, -0.1) is 0 Å². The number of carbonyl (C=O) groups excluding carboxylic acids is 2. The largest absolute Gasteiger partial charge is 0.495 e. The number of ether oxygens (including phenoxy) is 1. The summed E-state index contributed by atoms with van der Waals surface area (Å²) in [6.07, 6.45) is 2.24. The van der Waals surface area contributed by atoms with Crippen LogP contribution in [0, 0.1) is 5.82 Å². The van der Waals surface area contributed by atoms with E-state index >= 15 is 0 Å². The summed E-state index contributed by atoms with van der Waals surface area (Å²) in [6, 6.07) is 8.99. The van der Waals surface area contributed by atoms with Crippen LogP contribution in [0.4, 0.5) is 15.8 Å². The van der Waals surface area contributed by atoms with Crippen molar-refractivity contribution in [2.45, 2.75) is 19.3 Å². The first-order valence-electron chi connectivity index (χ1n) is 8.25. The van der Waals surface area contributed by atoms with Gasteiger partial charge in [-0.25, -0.2) is 4.39 Å². The molecule has 136 valence electrons.